The van der Waals surface area contributed by atoms with Gasteiger partial charge in [-0.05, 0) is 6.42 Å². The Labute approximate surface area is 67.4 Å². The van der Waals surface area contributed by atoms with Crippen molar-refractivity contribution in [2.45, 2.75) is 32.6 Å². The molecule has 0 atom stereocenters. The maximum absolute atomic E-state index is 10.9. The highest BCUT2D eigenvalue weighted by molar-refractivity contribution is 5.75. The number of hydrogen-bond donors (Lipinski definition) is 1. The number of nitrogens with zero attached hydrogens (tertiary/aromatic N) is 1. The molecule has 0 aliphatic rings. The van der Waals surface area contributed by atoms with Gasteiger partial charge in [0, 0.05) is 13.0 Å². The molecule has 11 heavy (non-hydrogen) atoms. The minimum atomic E-state index is 0.0575. The van der Waals surface area contributed by atoms with E-state index < -0.39 is 0 Å². The van der Waals surface area contributed by atoms with Gasteiger partial charge in [0.15, 0.2) is 0 Å². The second-order valence-electron chi connectivity index (χ2n) is 2.36. The molecule has 0 saturated carbocycles. The summed E-state index contributed by atoms with van der Waals surface area (Å²) >= 11 is 0. The summed E-state index contributed by atoms with van der Waals surface area (Å²) in [6.07, 6.45) is 2.95. The molecule has 0 aromatic rings. The second-order valence-corrected chi connectivity index (χ2v) is 2.36. The molecule has 0 aliphatic carbocycles. The molecule has 3 heteroatoms. The lowest BCUT2D eigenvalue weighted by atomic mass is 10.2. The summed E-state index contributed by atoms with van der Waals surface area (Å²) < 4.78 is 0. The number of rotatable bonds is 5. The van der Waals surface area contributed by atoms with Crippen LogP contribution in [0.25, 0.3) is 0 Å². The molecule has 0 saturated heterocycles. The van der Waals surface area contributed by atoms with Crippen LogP contribution < -0.4 is 5.32 Å². The van der Waals surface area contributed by atoms with Gasteiger partial charge in [0.1, 0.15) is 0 Å². The van der Waals surface area contributed by atoms with Crippen LogP contribution in [0.2, 0.25) is 0 Å². The Morgan fingerprint density at radius 1 is 1.64 bits per heavy atom. The first kappa shape index (κ1) is 9.96. The van der Waals surface area contributed by atoms with Gasteiger partial charge in [-0.25, -0.2) is 0 Å². The van der Waals surface area contributed by atoms with Crippen molar-refractivity contribution in [3.63, 3.8) is 0 Å². The van der Waals surface area contributed by atoms with Crippen molar-refractivity contribution in [3.8, 4) is 6.07 Å². The van der Waals surface area contributed by atoms with Gasteiger partial charge < -0.3 is 5.32 Å². The average Bonchev–Trinajstić information content (AvgIpc) is 2.01. The Morgan fingerprint density at radius 3 is 2.91 bits per heavy atom. The summed E-state index contributed by atoms with van der Waals surface area (Å²) in [5.41, 5.74) is 0. The first-order chi connectivity index (χ1) is 5.31. The van der Waals surface area contributed by atoms with E-state index in [1.807, 2.05) is 13.0 Å². The van der Waals surface area contributed by atoms with E-state index in [-0.39, 0.29) is 5.91 Å². The third-order valence-corrected chi connectivity index (χ3v) is 1.32. The van der Waals surface area contributed by atoms with Crippen molar-refractivity contribution >= 4 is 5.91 Å². The van der Waals surface area contributed by atoms with Gasteiger partial charge in [-0.2, -0.15) is 5.26 Å². The highest BCUT2D eigenvalue weighted by atomic mass is 16.1. The first-order valence-corrected chi connectivity index (χ1v) is 3.95. The number of amides is 1. The van der Waals surface area contributed by atoms with Gasteiger partial charge in [-0.3, -0.25) is 4.79 Å². The van der Waals surface area contributed by atoms with Crippen molar-refractivity contribution < 1.29 is 4.79 Å². The number of nitriles is 1. The number of carbonyl (C=O) groups excluding carboxylic acids is 1. The molecule has 0 heterocycles. The summed E-state index contributed by atoms with van der Waals surface area (Å²) in [4.78, 5) is 10.9. The largest absolute Gasteiger partial charge is 0.355 e. The molecule has 1 amide bonds. The van der Waals surface area contributed by atoms with Crippen LogP contribution in [-0.4, -0.2) is 12.5 Å². The Balaban J connectivity index is 3.17. The van der Waals surface area contributed by atoms with E-state index in [1.165, 1.54) is 0 Å². The maximum atomic E-state index is 10.9. The lowest BCUT2D eigenvalue weighted by Gasteiger charge is -1.99. The van der Waals surface area contributed by atoms with Crippen molar-refractivity contribution in [1.82, 2.24) is 5.32 Å². The number of carbonyl (C=O) groups is 1. The monoisotopic (exact) mass is 154 g/mol. The van der Waals surface area contributed by atoms with Crippen molar-refractivity contribution in [3.05, 3.63) is 0 Å². The Morgan fingerprint density at radius 2 is 2.36 bits per heavy atom. The molecule has 3 nitrogen and oxygen atoms in total. The topological polar surface area (TPSA) is 52.9 Å². The van der Waals surface area contributed by atoms with E-state index in [0.717, 1.165) is 12.8 Å². The molecule has 0 fully saturated rings. The Bertz CT molecular complexity index is 149. The zero-order valence-electron chi connectivity index (χ0n) is 6.89. The van der Waals surface area contributed by atoms with E-state index in [9.17, 15) is 4.79 Å². The fraction of sp³-hybridized carbons (Fsp3) is 0.750. The van der Waals surface area contributed by atoms with E-state index in [2.05, 4.69) is 5.32 Å². The van der Waals surface area contributed by atoms with Gasteiger partial charge in [0.2, 0.25) is 5.91 Å². The standard InChI is InChI=1S/C8H14N2O/c1-2-3-5-8(11)10-7-4-6-9/h2-5,7H2,1H3,(H,10,11). The zero-order valence-corrected chi connectivity index (χ0v) is 6.89. The molecule has 0 spiro atoms. The van der Waals surface area contributed by atoms with E-state index in [4.69, 9.17) is 5.26 Å². The maximum Gasteiger partial charge on any atom is 0.220 e. The zero-order chi connectivity index (χ0) is 8.53. The van der Waals surface area contributed by atoms with Crippen LogP contribution in [-0.2, 0) is 4.79 Å². The lowest BCUT2D eigenvalue weighted by Crippen LogP contribution is -2.23. The lowest BCUT2D eigenvalue weighted by molar-refractivity contribution is -0.121. The predicted octanol–water partition coefficient (Wildman–Crippen LogP) is 1.21. The van der Waals surface area contributed by atoms with Crippen LogP contribution in [0, 0.1) is 11.3 Å². The van der Waals surface area contributed by atoms with E-state index in [0.29, 0.717) is 19.4 Å². The van der Waals surface area contributed by atoms with Crippen molar-refractivity contribution in [2.75, 3.05) is 6.54 Å². The van der Waals surface area contributed by atoms with Crippen LogP contribution in [0.3, 0.4) is 0 Å². The third-order valence-electron chi connectivity index (χ3n) is 1.32. The number of nitrogens with one attached hydrogen (secondary N) is 1. The van der Waals surface area contributed by atoms with Gasteiger partial charge in [-0.15, -0.1) is 0 Å². The van der Waals surface area contributed by atoms with Gasteiger partial charge in [0.25, 0.3) is 0 Å². The van der Waals surface area contributed by atoms with E-state index >= 15 is 0 Å². The molecular weight excluding hydrogens is 140 g/mol. The smallest absolute Gasteiger partial charge is 0.220 e. The normalized spacial score (nSPS) is 8.73. The second kappa shape index (κ2) is 7.07. The minimum absolute atomic E-state index is 0.0575. The van der Waals surface area contributed by atoms with Crippen LogP contribution in [0.15, 0.2) is 0 Å². The first-order valence-electron chi connectivity index (χ1n) is 3.95. The Hall–Kier alpha value is -1.04. The average molecular weight is 154 g/mol. The Kier molecular flexibility index (Phi) is 6.40. The van der Waals surface area contributed by atoms with Crippen LogP contribution in [0.1, 0.15) is 32.6 Å². The van der Waals surface area contributed by atoms with Gasteiger partial charge in [-0.1, -0.05) is 13.3 Å². The highest BCUT2D eigenvalue weighted by Gasteiger charge is 1.97. The van der Waals surface area contributed by atoms with Crippen LogP contribution in [0.5, 0.6) is 0 Å². The molecule has 0 unspecified atom stereocenters. The number of unbranched alkanes of at least 4 members (excludes halogenated alkanes) is 1. The van der Waals surface area contributed by atoms with Crippen LogP contribution >= 0.6 is 0 Å². The third kappa shape index (κ3) is 6.85. The van der Waals surface area contributed by atoms with Gasteiger partial charge in [0.05, 0.1) is 12.5 Å². The molecule has 0 bridgehead atoms. The summed E-state index contributed by atoms with van der Waals surface area (Å²) in [5, 5.41) is 10.8. The summed E-state index contributed by atoms with van der Waals surface area (Å²) in [7, 11) is 0. The molecule has 0 aromatic carbocycles. The minimum Gasteiger partial charge on any atom is -0.355 e. The molecule has 0 rings (SSSR count). The van der Waals surface area contributed by atoms with Gasteiger partial charge >= 0.3 is 0 Å². The summed E-state index contributed by atoms with van der Waals surface area (Å²) in [6, 6.07) is 1.96. The molecule has 0 radical (unpaired) electrons. The quantitative estimate of drug-likeness (QED) is 0.605. The summed E-state index contributed by atoms with van der Waals surface area (Å²) in [5.74, 6) is 0.0575. The molecule has 0 aromatic heterocycles. The summed E-state index contributed by atoms with van der Waals surface area (Å²) in [6.45, 7) is 2.53. The van der Waals surface area contributed by atoms with E-state index in [1.54, 1.807) is 0 Å². The molecular formula is C8H14N2O. The van der Waals surface area contributed by atoms with Crippen molar-refractivity contribution in [2.24, 2.45) is 0 Å². The van der Waals surface area contributed by atoms with Crippen molar-refractivity contribution in [1.29, 1.82) is 5.26 Å². The highest BCUT2D eigenvalue weighted by Crippen LogP contribution is 1.92. The molecule has 1 N–H and O–H groups in total. The molecule has 62 valence electrons. The van der Waals surface area contributed by atoms with Crippen LogP contribution in [0.4, 0.5) is 0 Å². The SMILES string of the molecule is CCCCC(=O)NCCC#N. The number of hydrogen-bond acceptors (Lipinski definition) is 2. The fourth-order valence-electron chi connectivity index (χ4n) is 0.684. The predicted molar refractivity (Wildman–Crippen MR) is 42.8 cm³/mol. The molecule has 0 aliphatic heterocycles. The fourth-order valence-corrected chi connectivity index (χ4v) is 0.684.